The smallest absolute Gasteiger partial charge is 0.160 e. The summed E-state index contributed by atoms with van der Waals surface area (Å²) in [4.78, 5) is 10.5. The van der Waals surface area contributed by atoms with Gasteiger partial charge in [0.15, 0.2) is 5.82 Å². The van der Waals surface area contributed by atoms with Gasteiger partial charge < -0.3 is 13.7 Å². The van der Waals surface area contributed by atoms with E-state index in [1.165, 1.54) is 49.0 Å². The summed E-state index contributed by atoms with van der Waals surface area (Å²) in [6.07, 6.45) is 0. The van der Waals surface area contributed by atoms with Crippen LogP contribution in [0.25, 0.3) is 116 Å². The number of rotatable bonds is 6. The van der Waals surface area contributed by atoms with Crippen LogP contribution in [0.4, 0.5) is 0 Å². The van der Waals surface area contributed by atoms with Crippen molar-refractivity contribution in [1.82, 2.24) is 23.7 Å². The van der Waals surface area contributed by atoms with Crippen molar-refractivity contribution in [2.24, 2.45) is 0 Å². The first-order valence-electron chi connectivity index (χ1n) is 21.4. The van der Waals surface area contributed by atoms with Gasteiger partial charge in [0.2, 0.25) is 0 Å². The predicted octanol–water partition coefficient (Wildman–Crippen LogP) is 14.8. The van der Waals surface area contributed by atoms with Crippen molar-refractivity contribution in [2.75, 3.05) is 0 Å². The molecule has 5 nitrogen and oxygen atoms in total. The first-order valence-corrected chi connectivity index (χ1v) is 21.4. The number of nitrogens with zero attached hydrogens (tertiary/aromatic N) is 5. The van der Waals surface area contributed by atoms with Crippen LogP contribution in [-0.4, -0.2) is 23.7 Å². The van der Waals surface area contributed by atoms with Gasteiger partial charge in [-0.2, -0.15) is 0 Å². The lowest BCUT2D eigenvalue weighted by Crippen LogP contribution is -1.99. The molecule has 0 aliphatic rings. The van der Waals surface area contributed by atoms with E-state index >= 15 is 0 Å². The molecule has 13 aromatic rings. The fourth-order valence-electron chi connectivity index (χ4n) is 9.94. The normalized spacial score (nSPS) is 11.8. The van der Waals surface area contributed by atoms with Crippen LogP contribution >= 0.6 is 0 Å². The highest BCUT2D eigenvalue weighted by molar-refractivity contribution is 6.26. The van der Waals surface area contributed by atoms with Crippen molar-refractivity contribution >= 4 is 65.4 Å². The van der Waals surface area contributed by atoms with Gasteiger partial charge in [0.25, 0.3) is 0 Å². The van der Waals surface area contributed by atoms with Crippen molar-refractivity contribution in [3.63, 3.8) is 0 Å². The zero-order chi connectivity index (χ0) is 41.4. The highest BCUT2D eigenvalue weighted by atomic mass is 15.0. The lowest BCUT2D eigenvalue weighted by Gasteiger charge is -2.13. The van der Waals surface area contributed by atoms with E-state index in [9.17, 15) is 0 Å². The number of hydrogen-bond donors (Lipinski definition) is 0. The van der Waals surface area contributed by atoms with Crippen LogP contribution in [0.15, 0.2) is 224 Å². The van der Waals surface area contributed by atoms with Gasteiger partial charge in [0.05, 0.1) is 44.5 Å². The Kier molecular flexibility index (Phi) is 7.84. The molecule has 9 aromatic carbocycles. The fourth-order valence-corrected chi connectivity index (χ4v) is 9.94. The molecule has 0 saturated carbocycles. The highest BCUT2D eigenvalue weighted by Crippen LogP contribution is 2.44. The second-order valence-electron chi connectivity index (χ2n) is 16.2. The zero-order valence-electron chi connectivity index (χ0n) is 34.1. The van der Waals surface area contributed by atoms with Crippen LogP contribution in [0.5, 0.6) is 0 Å². The van der Waals surface area contributed by atoms with Gasteiger partial charge in [0, 0.05) is 66.1 Å². The molecule has 0 aliphatic heterocycles. The molecular weight excluding hydrogens is 767 g/mol. The third-order valence-corrected chi connectivity index (χ3v) is 12.6. The maximum Gasteiger partial charge on any atom is 0.160 e. The molecule has 0 unspecified atom stereocenters. The standard InChI is InChI=1S/C58H37N5/c1-5-18-38(19-6-1)49-37-50(60-58(59-49)39-20-7-2-8-21-39)46-29-17-28-44-48-36-42(32-34-53(48)62(56(44)46)41-24-11-4-12-25-41)63-51-30-15-13-26-43(51)45-33-35-54-55(57(45)63)47-27-14-16-31-52(47)61(54)40-22-9-3-10-23-40/h1-37H. The van der Waals surface area contributed by atoms with Gasteiger partial charge in [-0.05, 0) is 66.7 Å². The van der Waals surface area contributed by atoms with Crippen molar-refractivity contribution in [3.05, 3.63) is 224 Å². The summed E-state index contributed by atoms with van der Waals surface area (Å²) in [6, 6.07) is 80.2. The fraction of sp³-hybridized carbons (Fsp3) is 0. The van der Waals surface area contributed by atoms with E-state index in [1.54, 1.807) is 0 Å². The molecule has 0 spiro atoms. The average Bonchev–Trinajstić information content (AvgIpc) is 4.00. The molecule has 294 valence electrons. The maximum atomic E-state index is 5.33. The van der Waals surface area contributed by atoms with Crippen molar-refractivity contribution in [1.29, 1.82) is 0 Å². The average molecular weight is 804 g/mol. The minimum Gasteiger partial charge on any atom is -0.309 e. The van der Waals surface area contributed by atoms with Crippen molar-refractivity contribution in [2.45, 2.75) is 0 Å². The van der Waals surface area contributed by atoms with E-state index in [0.29, 0.717) is 5.82 Å². The van der Waals surface area contributed by atoms with Crippen LogP contribution in [0, 0.1) is 0 Å². The molecule has 4 heterocycles. The van der Waals surface area contributed by atoms with Gasteiger partial charge in [-0.25, -0.2) is 9.97 Å². The molecule has 0 bridgehead atoms. The Labute approximate surface area is 363 Å². The summed E-state index contributed by atoms with van der Waals surface area (Å²) in [5.41, 5.74) is 15.1. The van der Waals surface area contributed by atoms with E-state index in [0.717, 1.165) is 61.6 Å². The monoisotopic (exact) mass is 803 g/mol. The van der Waals surface area contributed by atoms with E-state index in [4.69, 9.17) is 9.97 Å². The van der Waals surface area contributed by atoms with Gasteiger partial charge in [-0.1, -0.05) is 158 Å². The number of hydrogen-bond acceptors (Lipinski definition) is 2. The molecule has 0 radical (unpaired) electrons. The molecule has 0 aliphatic carbocycles. The Morgan fingerprint density at radius 3 is 1.54 bits per heavy atom. The molecule has 0 N–H and O–H groups in total. The first-order chi connectivity index (χ1) is 31.3. The van der Waals surface area contributed by atoms with Crippen LogP contribution in [0.2, 0.25) is 0 Å². The molecule has 0 saturated heterocycles. The molecule has 0 amide bonds. The highest BCUT2D eigenvalue weighted by Gasteiger charge is 2.23. The zero-order valence-corrected chi connectivity index (χ0v) is 34.1. The summed E-state index contributed by atoms with van der Waals surface area (Å²) in [5.74, 6) is 0.694. The molecule has 4 aromatic heterocycles. The molecule has 0 fully saturated rings. The summed E-state index contributed by atoms with van der Waals surface area (Å²) in [7, 11) is 0. The van der Waals surface area contributed by atoms with E-state index in [-0.39, 0.29) is 0 Å². The van der Waals surface area contributed by atoms with Gasteiger partial charge in [-0.3, -0.25) is 0 Å². The third-order valence-electron chi connectivity index (χ3n) is 12.6. The lowest BCUT2D eigenvalue weighted by molar-refractivity contribution is 1.16. The van der Waals surface area contributed by atoms with Crippen molar-refractivity contribution < 1.29 is 0 Å². The van der Waals surface area contributed by atoms with Gasteiger partial charge in [0.1, 0.15) is 0 Å². The maximum absolute atomic E-state index is 5.33. The van der Waals surface area contributed by atoms with Gasteiger partial charge >= 0.3 is 0 Å². The summed E-state index contributed by atoms with van der Waals surface area (Å²) >= 11 is 0. The van der Waals surface area contributed by atoms with Crippen molar-refractivity contribution in [3.8, 4) is 51.0 Å². The predicted molar refractivity (Wildman–Crippen MR) is 261 cm³/mol. The second-order valence-corrected chi connectivity index (χ2v) is 16.2. The Bertz CT molecular complexity index is 3820. The molecule has 13 rings (SSSR count). The van der Waals surface area contributed by atoms with E-state index < -0.39 is 0 Å². The summed E-state index contributed by atoms with van der Waals surface area (Å²) in [6.45, 7) is 0. The number of aromatic nitrogens is 5. The Morgan fingerprint density at radius 2 is 0.810 bits per heavy atom. The third kappa shape index (κ3) is 5.43. The molecule has 5 heteroatoms. The number of para-hydroxylation sites is 5. The minimum absolute atomic E-state index is 0.694. The Hall–Kier alpha value is -8.54. The molecule has 63 heavy (non-hydrogen) atoms. The Morgan fingerprint density at radius 1 is 0.286 bits per heavy atom. The minimum atomic E-state index is 0.694. The summed E-state index contributed by atoms with van der Waals surface area (Å²) < 4.78 is 7.31. The van der Waals surface area contributed by atoms with Crippen LogP contribution < -0.4 is 0 Å². The van der Waals surface area contributed by atoms with Crippen LogP contribution in [-0.2, 0) is 0 Å². The molecular formula is C58H37N5. The number of fused-ring (bicyclic) bond motifs is 10. The van der Waals surface area contributed by atoms with Gasteiger partial charge in [-0.15, -0.1) is 0 Å². The van der Waals surface area contributed by atoms with E-state index in [1.807, 2.05) is 24.3 Å². The van der Waals surface area contributed by atoms with Crippen LogP contribution in [0.3, 0.4) is 0 Å². The largest absolute Gasteiger partial charge is 0.309 e. The quantitative estimate of drug-likeness (QED) is 0.168. The molecule has 0 atom stereocenters. The SMILES string of the molecule is c1ccc(-c2cc(-c3cccc4c5cc(-n6c7ccccc7c7ccc8c(c9ccccc9n8-c8ccccc8)c76)ccc5n(-c5ccccc5)c34)nc(-c3ccccc3)n2)cc1. The van der Waals surface area contributed by atoms with E-state index in [2.05, 4.69) is 214 Å². The topological polar surface area (TPSA) is 40.6 Å². The number of benzene rings is 9. The first kappa shape index (κ1) is 35.2. The second kappa shape index (κ2) is 14.0. The Balaban J connectivity index is 1.12. The van der Waals surface area contributed by atoms with Crippen LogP contribution in [0.1, 0.15) is 0 Å². The lowest BCUT2D eigenvalue weighted by atomic mass is 10.0. The summed E-state index contributed by atoms with van der Waals surface area (Å²) in [5, 5.41) is 7.25.